The van der Waals surface area contributed by atoms with E-state index in [9.17, 15) is 30.4 Å². The normalized spacial score (nSPS) is 8.72. The number of benzene rings is 2. The molecule has 10 nitrogen and oxygen atoms in total. The Hall–Kier alpha value is -0.370. The van der Waals surface area contributed by atoms with Crippen molar-refractivity contribution in [2.24, 2.45) is 0 Å². The van der Waals surface area contributed by atoms with E-state index >= 15 is 0 Å². The van der Waals surface area contributed by atoms with Crippen molar-refractivity contribution in [1.82, 2.24) is 0 Å². The molecule has 0 fully saturated rings. The van der Waals surface area contributed by atoms with Gasteiger partial charge in [0, 0.05) is 0 Å². The van der Waals surface area contributed by atoms with Crippen molar-refractivity contribution in [1.29, 1.82) is 0 Å². The Balaban J connectivity index is 0.000000443. The Morgan fingerprint density at radius 3 is 1.32 bits per heavy atom. The summed E-state index contributed by atoms with van der Waals surface area (Å²) in [4.78, 5) is 19.2. The minimum atomic E-state index is -2.23. The summed E-state index contributed by atoms with van der Waals surface area (Å²) in [7, 11) is 0. The first-order valence-electron chi connectivity index (χ1n) is 6.45. The van der Waals surface area contributed by atoms with Crippen molar-refractivity contribution >= 4 is 47.1 Å². The molecule has 0 aliphatic heterocycles. The van der Waals surface area contributed by atoms with Crippen LogP contribution >= 0.6 is 0 Å². The molecule has 0 unspecified atom stereocenters. The first kappa shape index (κ1) is 24.6. The SMILES string of the molecule is O=[N+]([O-])c1ccc[c]([Hg][OH])c1O.O=[N+]([O-])c1ccc[c]([Hg][OH])c1O.[NaH]. The Morgan fingerprint density at radius 2 is 1.08 bits per heavy atom. The third-order valence-electron chi connectivity index (χ3n) is 2.93. The molecule has 0 aliphatic carbocycles. The number of hydrogen-bond acceptors (Lipinski definition) is 8. The molecule has 0 saturated heterocycles. The molecule has 13 heteroatoms. The van der Waals surface area contributed by atoms with Crippen LogP contribution in [0.1, 0.15) is 0 Å². The number of hydrogen-bond donors (Lipinski definition) is 4. The molecule has 2 aromatic rings. The molecule has 122 valence electrons. The van der Waals surface area contributed by atoms with E-state index in [2.05, 4.69) is 0 Å². The summed E-state index contributed by atoms with van der Waals surface area (Å²) >= 11 is -4.45. The molecule has 2 rings (SSSR count). The van der Waals surface area contributed by atoms with E-state index in [1.165, 1.54) is 36.4 Å². The third-order valence-corrected chi connectivity index (χ3v) is 10.0. The van der Waals surface area contributed by atoms with Gasteiger partial charge in [0.1, 0.15) is 0 Å². The van der Waals surface area contributed by atoms with Gasteiger partial charge in [-0.15, -0.1) is 0 Å². The van der Waals surface area contributed by atoms with E-state index < -0.39 is 59.9 Å². The van der Waals surface area contributed by atoms with Crippen LogP contribution in [0.15, 0.2) is 36.4 Å². The van der Waals surface area contributed by atoms with Crippen LogP contribution in [0.3, 0.4) is 0 Å². The predicted molar refractivity (Wildman–Crippen MR) is 80.4 cm³/mol. The molecule has 25 heavy (non-hydrogen) atoms. The van der Waals surface area contributed by atoms with Gasteiger partial charge in [0.05, 0.1) is 0 Å². The second-order valence-electron chi connectivity index (χ2n) is 4.40. The Bertz CT molecular complexity index is 698. The fourth-order valence-corrected chi connectivity index (χ4v) is 6.16. The maximum absolute atomic E-state index is 10.3. The van der Waals surface area contributed by atoms with Gasteiger partial charge in [-0.3, -0.25) is 0 Å². The molecule has 0 amide bonds. The van der Waals surface area contributed by atoms with Crippen LogP contribution in [-0.4, -0.2) is 55.6 Å². The summed E-state index contributed by atoms with van der Waals surface area (Å²) in [6.45, 7) is 0. The first-order valence-corrected chi connectivity index (χ1v) is 16.9. The van der Waals surface area contributed by atoms with Gasteiger partial charge in [-0.05, 0) is 0 Å². The minimum absolute atomic E-state index is 0. The van der Waals surface area contributed by atoms with Gasteiger partial charge >= 0.3 is 191 Å². The summed E-state index contributed by atoms with van der Waals surface area (Å²) in [6.07, 6.45) is 0. The van der Waals surface area contributed by atoms with E-state index in [4.69, 9.17) is 6.03 Å². The summed E-state index contributed by atoms with van der Waals surface area (Å²) < 4.78 is 18.5. The van der Waals surface area contributed by atoms with Gasteiger partial charge in [0.2, 0.25) is 0 Å². The average Bonchev–Trinajstić information content (AvgIpc) is 2.55. The van der Waals surface area contributed by atoms with E-state index in [1.807, 2.05) is 0 Å². The zero-order valence-electron chi connectivity index (χ0n) is 12.2. The monoisotopic (exact) mass is 738 g/mol. The maximum atomic E-state index is 10.3. The van der Waals surface area contributed by atoms with Gasteiger partial charge < -0.3 is 0 Å². The Kier molecular flexibility index (Phi) is 11.9. The molecule has 2 aromatic carbocycles. The summed E-state index contributed by atoms with van der Waals surface area (Å²) in [6, 6.07) is 8.38. The number of aromatic hydroxyl groups is 2. The predicted octanol–water partition coefficient (Wildman–Crippen LogP) is -0.818. The van der Waals surface area contributed by atoms with E-state index in [0.29, 0.717) is 6.14 Å². The molecular weight excluding hydrogens is 724 g/mol. The molecular formula is C12H11Hg2N2NaO8. The number of para-hydroxylation sites is 2. The number of nitrogens with zero attached hydrogens (tertiary/aromatic N) is 2. The van der Waals surface area contributed by atoms with Crippen molar-refractivity contribution in [3.8, 4) is 11.5 Å². The molecule has 0 atom stereocenters. The summed E-state index contributed by atoms with van der Waals surface area (Å²) in [5.74, 6) is -0.738. The van der Waals surface area contributed by atoms with Crippen LogP contribution in [0.25, 0.3) is 0 Å². The van der Waals surface area contributed by atoms with Gasteiger partial charge in [-0.2, -0.15) is 0 Å². The molecule has 0 heterocycles. The van der Waals surface area contributed by atoms with Crippen LogP contribution in [-0.2, 0) is 50.1 Å². The van der Waals surface area contributed by atoms with E-state index in [1.54, 1.807) is 0 Å². The second kappa shape index (κ2) is 12.1. The molecule has 0 bridgehead atoms. The molecule has 0 aliphatic rings. The topological polar surface area (TPSA) is 167 Å². The molecule has 0 aromatic heterocycles. The van der Waals surface area contributed by atoms with Crippen LogP contribution in [0, 0.1) is 20.2 Å². The fourth-order valence-electron chi connectivity index (χ4n) is 1.71. The van der Waals surface area contributed by atoms with E-state index in [-0.39, 0.29) is 52.4 Å². The standard InChI is InChI=1S/2C6H4NO3.2Hg.Na.2H2O.H/c2*8-6-4-2-1-3-5(6)7(9)10;;;;;;/h2*1-3,8H;;;;2*1H2;/q;;2*+1;;;;/p-2. The number of phenolic OH excluding ortho intramolecular Hbond substituents is 2. The summed E-state index contributed by atoms with van der Waals surface area (Å²) in [5, 5.41) is 39.0. The first-order chi connectivity index (χ1) is 11.3. The van der Waals surface area contributed by atoms with Crippen molar-refractivity contribution in [3.63, 3.8) is 0 Å². The Morgan fingerprint density at radius 1 is 0.760 bits per heavy atom. The number of phenols is 2. The molecule has 4 N–H and O–H groups in total. The second-order valence-corrected chi connectivity index (χ2v) is 12.8. The van der Waals surface area contributed by atoms with Gasteiger partial charge in [-0.25, -0.2) is 0 Å². The van der Waals surface area contributed by atoms with Crippen molar-refractivity contribution in [2.45, 2.75) is 0 Å². The van der Waals surface area contributed by atoms with Gasteiger partial charge in [0.15, 0.2) is 0 Å². The number of nitro groups is 2. The van der Waals surface area contributed by atoms with Gasteiger partial charge in [-0.1, -0.05) is 0 Å². The van der Waals surface area contributed by atoms with Crippen LogP contribution in [0.5, 0.6) is 11.5 Å². The van der Waals surface area contributed by atoms with Crippen LogP contribution in [0.4, 0.5) is 11.4 Å². The molecule has 0 spiro atoms. The number of nitro benzene ring substituents is 2. The van der Waals surface area contributed by atoms with Crippen molar-refractivity contribution < 1.29 is 76.1 Å². The molecule has 0 radical (unpaired) electrons. The van der Waals surface area contributed by atoms with Crippen molar-refractivity contribution in [3.05, 3.63) is 56.6 Å². The quantitative estimate of drug-likeness (QED) is 0.180. The molecule has 0 saturated carbocycles. The zero-order chi connectivity index (χ0) is 18.3. The zero-order valence-corrected chi connectivity index (χ0v) is 23.2. The van der Waals surface area contributed by atoms with Gasteiger partial charge in [0.25, 0.3) is 0 Å². The van der Waals surface area contributed by atoms with Crippen LogP contribution < -0.4 is 6.14 Å². The Labute approximate surface area is 189 Å². The number of rotatable bonds is 4. The van der Waals surface area contributed by atoms with Crippen LogP contribution in [0.2, 0.25) is 0 Å². The van der Waals surface area contributed by atoms with E-state index in [0.717, 1.165) is 0 Å². The average molecular weight is 735 g/mol. The third kappa shape index (κ3) is 7.04. The fraction of sp³-hybridized carbons (Fsp3) is 0. The van der Waals surface area contributed by atoms with Crippen molar-refractivity contribution in [2.75, 3.05) is 0 Å². The summed E-state index contributed by atoms with van der Waals surface area (Å²) in [5.41, 5.74) is -0.664.